The highest BCUT2D eigenvalue weighted by Crippen LogP contribution is 2.27. The summed E-state index contributed by atoms with van der Waals surface area (Å²) in [5, 5.41) is 8.68. The van der Waals surface area contributed by atoms with Crippen LogP contribution in [0.2, 0.25) is 0 Å². The molecule has 1 amide bonds. The van der Waals surface area contributed by atoms with E-state index in [2.05, 4.69) is 27.3 Å². The lowest BCUT2D eigenvalue weighted by Crippen LogP contribution is -2.59. The summed E-state index contributed by atoms with van der Waals surface area (Å²) in [6.45, 7) is 1.47. The fourth-order valence-electron chi connectivity index (χ4n) is 4.35. The van der Waals surface area contributed by atoms with E-state index in [1.807, 2.05) is 42.5 Å². The van der Waals surface area contributed by atoms with Crippen molar-refractivity contribution in [3.8, 4) is 5.82 Å². The third-order valence-corrected chi connectivity index (χ3v) is 5.89. The first-order valence-corrected chi connectivity index (χ1v) is 9.70. The Morgan fingerprint density at radius 3 is 2.61 bits per heavy atom. The summed E-state index contributed by atoms with van der Waals surface area (Å²) in [5.41, 5.74) is 1.32. The van der Waals surface area contributed by atoms with Crippen LogP contribution in [-0.4, -0.2) is 64.0 Å². The topological polar surface area (TPSA) is 72.3 Å². The van der Waals surface area contributed by atoms with Crippen LogP contribution >= 0.6 is 0 Å². The highest BCUT2D eigenvalue weighted by Gasteiger charge is 2.37. The van der Waals surface area contributed by atoms with Gasteiger partial charge in [0.05, 0.1) is 18.7 Å². The van der Waals surface area contributed by atoms with Gasteiger partial charge in [-0.25, -0.2) is 9.67 Å². The van der Waals surface area contributed by atoms with Crippen LogP contribution in [0, 0.1) is 0 Å². The molecular weight excluding hydrogens is 354 g/mol. The molecule has 2 fully saturated rings. The monoisotopic (exact) mass is 377 g/mol. The molecule has 4 heterocycles. The maximum atomic E-state index is 13.1. The number of pyridine rings is 1. The molecule has 7 heteroatoms. The maximum Gasteiger partial charge on any atom is 0.272 e. The van der Waals surface area contributed by atoms with Gasteiger partial charge in [0.1, 0.15) is 0 Å². The Hall–Kier alpha value is -2.77. The molecule has 2 aliphatic heterocycles. The van der Waals surface area contributed by atoms with Crippen molar-refractivity contribution < 1.29 is 9.53 Å². The number of amides is 1. The van der Waals surface area contributed by atoms with Gasteiger partial charge in [0, 0.05) is 29.7 Å². The van der Waals surface area contributed by atoms with Crippen LogP contribution in [0.5, 0.6) is 0 Å². The molecule has 2 bridgehead atoms. The van der Waals surface area contributed by atoms with Crippen molar-refractivity contribution >= 4 is 16.8 Å². The molecule has 0 aliphatic carbocycles. The van der Waals surface area contributed by atoms with Crippen molar-refractivity contribution in [2.24, 2.45) is 0 Å². The number of nitrogens with one attached hydrogen (secondary N) is 1. The predicted octanol–water partition coefficient (Wildman–Crippen LogP) is 2.01. The minimum atomic E-state index is -0.126. The number of nitrogens with zero attached hydrogens (tertiary/aromatic N) is 4. The van der Waals surface area contributed by atoms with Crippen molar-refractivity contribution in [2.45, 2.75) is 31.0 Å². The second-order valence-electron chi connectivity index (χ2n) is 7.62. The molecular formula is C21H23N5O2. The molecule has 7 nitrogen and oxygen atoms in total. The van der Waals surface area contributed by atoms with Crippen molar-refractivity contribution in [1.29, 1.82) is 0 Å². The third-order valence-electron chi connectivity index (χ3n) is 5.89. The van der Waals surface area contributed by atoms with Crippen LogP contribution in [-0.2, 0) is 4.74 Å². The van der Waals surface area contributed by atoms with Crippen LogP contribution in [0.25, 0.3) is 16.7 Å². The second-order valence-corrected chi connectivity index (χ2v) is 7.62. The number of rotatable bonds is 3. The van der Waals surface area contributed by atoms with E-state index in [1.54, 1.807) is 10.9 Å². The van der Waals surface area contributed by atoms with Crippen LogP contribution in [0.3, 0.4) is 0 Å². The van der Waals surface area contributed by atoms with E-state index in [0.717, 1.165) is 37.0 Å². The molecule has 0 saturated carbocycles. The van der Waals surface area contributed by atoms with Gasteiger partial charge in [-0.2, -0.15) is 5.10 Å². The zero-order chi connectivity index (χ0) is 19.1. The van der Waals surface area contributed by atoms with E-state index >= 15 is 0 Å². The number of para-hydroxylation sites is 1. The van der Waals surface area contributed by atoms with E-state index in [1.165, 1.54) is 0 Å². The first-order chi connectivity index (χ1) is 13.7. The first kappa shape index (κ1) is 17.3. The average molecular weight is 377 g/mol. The van der Waals surface area contributed by atoms with Gasteiger partial charge in [0.15, 0.2) is 11.5 Å². The fraction of sp³-hybridized carbons (Fsp3) is 0.381. The summed E-state index contributed by atoms with van der Waals surface area (Å²) in [6.07, 6.45) is 3.53. The summed E-state index contributed by atoms with van der Waals surface area (Å²) in [5.74, 6) is 0.572. The van der Waals surface area contributed by atoms with Crippen molar-refractivity contribution in [2.75, 3.05) is 20.3 Å². The number of morpholine rings is 1. The highest BCUT2D eigenvalue weighted by atomic mass is 16.5. The number of hydrogen-bond acceptors (Lipinski definition) is 5. The SMILES string of the molecule is CN1C2COCC1CC(NC(=O)c1nn(-c3ccccn3)c3ccccc13)C2. The molecule has 2 aliphatic rings. The number of likely N-dealkylation sites (N-methyl/N-ethyl adjacent to an activating group) is 1. The molecule has 2 unspecified atom stereocenters. The number of carbonyl (C=O) groups excluding carboxylic acids is 1. The predicted molar refractivity (Wildman–Crippen MR) is 106 cm³/mol. The van der Waals surface area contributed by atoms with Crippen molar-refractivity contribution in [1.82, 2.24) is 25.0 Å². The summed E-state index contributed by atoms with van der Waals surface area (Å²) in [7, 11) is 2.15. The maximum absolute atomic E-state index is 13.1. The van der Waals surface area contributed by atoms with E-state index in [-0.39, 0.29) is 11.9 Å². The number of ether oxygens (including phenoxy) is 1. The normalized spacial score (nSPS) is 25.0. The summed E-state index contributed by atoms with van der Waals surface area (Å²) in [4.78, 5) is 19.9. The Kier molecular flexibility index (Phi) is 4.33. The van der Waals surface area contributed by atoms with Gasteiger partial charge in [-0.05, 0) is 38.1 Å². The summed E-state index contributed by atoms with van der Waals surface area (Å²) >= 11 is 0. The number of fused-ring (bicyclic) bond motifs is 3. The van der Waals surface area contributed by atoms with Crippen molar-refractivity contribution in [3.05, 3.63) is 54.4 Å². The molecule has 3 aromatic rings. The van der Waals surface area contributed by atoms with Gasteiger partial charge in [0.25, 0.3) is 5.91 Å². The van der Waals surface area contributed by atoms with E-state index in [0.29, 0.717) is 23.6 Å². The van der Waals surface area contributed by atoms with Gasteiger partial charge in [0.2, 0.25) is 0 Å². The van der Waals surface area contributed by atoms with E-state index < -0.39 is 0 Å². The molecule has 2 saturated heterocycles. The minimum Gasteiger partial charge on any atom is -0.378 e. The number of benzene rings is 1. The van der Waals surface area contributed by atoms with Gasteiger partial charge >= 0.3 is 0 Å². The number of aromatic nitrogens is 3. The molecule has 28 heavy (non-hydrogen) atoms. The average Bonchev–Trinajstić information content (AvgIpc) is 3.09. The zero-order valence-electron chi connectivity index (χ0n) is 15.8. The number of hydrogen-bond donors (Lipinski definition) is 1. The van der Waals surface area contributed by atoms with Gasteiger partial charge < -0.3 is 10.1 Å². The molecule has 1 aromatic carbocycles. The van der Waals surface area contributed by atoms with E-state index in [9.17, 15) is 4.79 Å². The lowest BCUT2D eigenvalue weighted by atomic mass is 9.90. The second kappa shape index (κ2) is 7.00. The van der Waals surface area contributed by atoms with Crippen molar-refractivity contribution in [3.63, 3.8) is 0 Å². The Morgan fingerprint density at radius 2 is 1.86 bits per heavy atom. The Labute approximate surface area is 163 Å². The Bertz CT molecular complexity index is 988. The van der Waals surface area contributed by atoms with Crippen LogP contribution in [0.4, 0.5) is 0 Å². The lowest BCUT2D eigenvalue weighted by Gasteiger charge is -2.46. The number of piperidine rings is 1. The van der Waals surface area contributed by atoms with E-state index in [4.69, 9.17) is 4.74 Å². The number of carbonyl (C=O) groups is 1. The summed E-state index contributed by atoms with van der Waals surface area (Å²) < 4.78 is 7.42. The lowest BCUT2D eigenvalue weighted by molar-refractivity contribution is -0.0670. The fourth-order valence-corrected chi connectivity index (χ4v) is 4.35. The Balaban J connectivity index is 1.44. The third kappa shape index (κ3) is 2.96. The molecule has 2 atom stereocenters. The molecule has 0 spiro atoms. The largest absolute Gasteiger partial charge is 0.378 e. The standard InChI is InChI=1S/C21H23N5O2/c1-25-15-10-14(11-16(25)13-28-12-15)23-21(27)20-17-6-2-3-7-18(17)26(24-20)19-8-4-5-9-22-19/h2-9,14-16H,10-13H2,1H3,(H,23,27). The summed E-state index contributed by atoms with van der Waals surface area (Å²) in [6, 6.07) is 14.3. The van der Waals surface area contributed by atoms with Crippen LogP contribution < -0.4 is 5.32 Å². The zero-order valence-corrected chi connectivity index (χ0v) is 15.8. The minimum absolute atomic E-state index is 0.126. The smallest absolute Gasteiger partial charge is 0.272 e. The van der Waals surface area contributed by atoms with Gasteiger partial charge in [-0.15, -0.1) is 0 Å². The molecule has 144 valence electrons. The molecule has 1 N–H and O–H groups in total. The van der Waals surface area contributed by atoms with Gasteiger partial charge in [-0.1, -0.05) is 24.3 Å². The molecule has 0 radical (unpaired) electrons. The molecule has 2 aromatic heterocycles. The van der Waals surface area contributed by atoms with Crippen LogP contribution in [0.15, 0.2) is 48.7 Å². The van der Waals surface area contributed by atoms with Gasteiger partial charge in [-0.3, -0.25) is 9.69 Å². The van der Waals surface area contributed by atoms with Crippen LogP contribution in [0.1, 0.15) is 23.3 Å². The molecule has 5 rings (SSSR count). The highest BCUT2D eigenvalue weighted by molar-refractivity contribution is 6.05. The quantitative estimate of drug-likeness (QED) is 0.756. The first-order valence-electron chi connectivity index (χ1n) is 9.70. The Morgan fingerprint density at radius 1 is 1.11 bits per heavy atom.